The molecule has 0 aromatic rings. The van der Waals surface area contributed by atoms with Crippen LogP contribution in [0.3, 0.4) is 0 Å². The zero-order valence-corrected chi connectivity index (χ0v) is 52.8. The zero-order chi connectivity index (χ0) is 61.6. The molecule has 0 bridgehead atoms. The summed E-state index contributed by atoms with van der Waals surface area (Å²) in [4.78, 5) is 13.5. The SMILES string of the molecule is CC(C)[C@@H](C)C(=O)C[C@](C)(O)[C@H]1CCC2C3C[C@H](O[C@@H]4O[C@H](C)[C@@H](O)[C@H](O[C@@H]5OC[C@@H](O[C@@H]6OC[C@H](O)[C@H](O)[C@H]6O[C@@H]6O[C@H](C)[C@H](O)[C@H](O)[C@H]6O)[C@H](O)[C@H]5O[C@@H]5O[C@H](C)[C@@H](O)[C@H](O)[C@H]5O)[C@H]4O)C4C[C@@H](OS(=O)(=O)[O-])CC[C@]4(C)C3=CC[C@@]21C.[Na+]. The van der Waals surface area contributed by atoms with E-state index in [0.29, 0.717) is 25.7 Å². The minimum atomic E-state index is -5.13. The van der Waals surface area contributed by atoms with Crippen LogP contribution >= 0.6 is 0 Å². The van der Waals surface area contributed by atoms with Gasteiger partial charge in [-0.3, -0.25) is 8.98 Å². The van der Waals surface area contributed by atoms with Crippen LogP contribution in [0.4, 0.5) is 0 Å². The van der Waals surface area contributed by atoms with Gasteiger partial charge in [-0.05, 0) is 113 Å². The molecule has 29 heteroatoms. The summed E-state index contributed by atoms with van der Waals surface area (Å²) in [7, 11) is -5.13. The molecule has 0 spiro atoms. The molecule has 0 aromatic carbocycles. The van der Waals surface area contributed by atoms with Crippen molar-refractivity contribution in [3.63, 3.8) is 0 Å². The fraction of sp³-hybridized carbons (Fsp3) is 0.946. The molecular weight excluding hydrogens is 1160 g/mol. The molecule has 0 radical (unpaired) electrons. The van der Waals surface area contributed by atoms with Gasteiger partial charge in [-0.25, -0.2) is 8.42 Å². The number of carbonyl (C=O) groups is 1. The van der Waals surface area contributed by atoms with Gasteiger partial charge in [-0.15, -0.1) is 0 Å². The molecule has 9 rings (SSSR count). The van der Waals surface area contributed by atoms with Crippen molar-refractivity contribution in [3.05, 3.63) is 11.6 Å². The van der Waals surface area contributed by atoms with E-state index in [-0.39, 0.29) is 84.2 Å². The summed E-state index contributed by atoms with van der Waals surface area (Å²) in [6.07, 6.45) is -34.6. The molecule has 3 saturated carbocycles. The third-order valence-corrected chi connectivity index (χ3v) is 21.3. The Labute approximate surface area is 517 Å². The van der Waals surface area contributed by atoms with Crippen LogP contribution in [0, 0.1) is 46.3 Å². The summed E-state index contributed by atoms with van der Waals surface area (Å²) in [5.74, 6) is -1.10. The molecule has 33 atom stereocenters. The Morgan fingerprint density at radius 1 is 0.647 bits per heavy atom. The van der Waals surface area contributed by atoms with Gasteiger partial charge in [0.2, 0.25) is 10.4 Å². The monoisotopic (exact) mass is 1250 g/mol. The average Bonchev–Trinajstić information content (AvgIpc) is 2.06. The quantitative estimate of drug-likeness (QED) is 0.0280. The third-order valence-electron chi connectivity index (χ3n) is 20.7. The number of Topliss-reactive ketones (excluding diaryl/α,β-unsaturated/α-hetero) is 1. The molecule has 5 saturated heterocycles. The van der Waals surface area contributed by atoms with Crippen molar-refractivity contribution >= 4 is 16.2 Å². The number of fused-ring (bicyclic) bond motifs is 5. The Morgan fingerprint density at radius 2 is 1.16 bits per heavy atom. The molecule has 3 unspecified atom stereocenters. The van der Waals surface area contributed by atoms with Crippen molar-refractivity contribution in [2.75, 3.05) is 13.2 Å². The smallest absolute Gasteiger partial charge is 0.726 e. The van der Waals surface area contributed by atoms with E-state index in [1.54, 1.807) is 6.92 Å². The Kier molecular flexibility index (Phi) is 22.5. The fourth-order valence-corrected chi connectivity index (χ4v) is 15.9. The first-order valence-corrected chi connectivity index (χ1v) is 31.1. The van der Waals surface area contributed by atoms with Gasteiger partial charge in [0.05, 0.1) is 49.3 Å². The van der Waals surface area contributed by atoms with Crippen LogP contribution in [0.2, 0.25) is 0 Å². The second kappa shape index (κ2) is 27.2. The number of aliphatic hydroxyl groups is 12. The van der Waals surface area contributed by atoms with Gasteiger partial charge >= 0.3 is 29.6 Å². The maximum atomic E-state index is 13.5. The van der Waals surface area contributed by atoms with Crippen molar-refractivity contribution < 1.29 is 160 Å². The number of ketones is 1. The topological polar surface area (TPSA) is 419 Å². The molecule has 0 aromatic heterocycles. The van der Waals surface area contributed by atoms with Gasteiger partial charge in [-0.2, -0.15) is 0 Å². The van der Waals surface area contributed by atoms with E-state index in [1.807, 2.05) is 20.8 Å². The molecule has 8 fully saturated rings. The van der Waals surface area contributed by atoms with Crippen LogP contribution in [0.15, 0.2) is 11.6 Å². The summed E-state index contributed by atoms with van der Waals surface area (Å²) in [6, 6.07) is 0. The van der Waals surface area contributed by atoms with Crippen LogP contribution in [0.5, 0.6) is 0 Å². The van der Waals surface area contributed by atoms with Gasteiger partial charge < -0.3 is 113 Å². The van der Waals surface area contributed by atoms with E-state index < -0.39 is 199 Å². The molecule has 85 heavy (non-hydrogen) atoms. The number of allylic oxidation sites excluding steroid dienone is 2. The fourth-order valence-electron chi connectivity index (χ4n) is 15.4. The number of hydrogen-bond acceptors (Lipinski definition) is 27. The Balaban J connectivity index is 0.00000940. The number of ether oxygens (including phenoxy) is 10. The van der Waals surface area contributed by atoms with Gasteiger partial charge in [0.25, 0.3) is 0 Å². The minimum Gasteiger partial charge on any atom is -0.726 e. The van der Waals surface area contributed by atoms with E-state index in [1.165, 1.54) is 20.8 Å². The van der Waals surface area contributed by atoms with E-state index in [4.69, 9.17) is 51.6 Å². The number of hydrogen-bond donors (Lipinski definition) is 12. The first kappa shape index (κ1) is 70.3. The van der Waals surface area contributed by atoms with Crippen LogP contribution in [0.25, 0.3) is 0 Å². The predicted molar refractivity (Wildman–Crippen MR) is 282 cm³/mol. The second-order valence-electron chi connectivity index (χ2n) is 26.6. The van der Waals surface area contributed by atoms with Crippen molar-refractivity contribution in [2.24, 2.45) is 46.3 Å². The van der Waals surface area contributed by atoms with E-state index >= 15 is 0 Å². The van der Waals surface area contributed by atoms with Crippen molar-refractivity contribution in [1.29, 1.82) is 0 Å². The Morgan fingerprint density at radius 3 is 1.74 bits per heavy atom. The summed E-state index contributed by atoms with van der Waals surface area (Å²) in [5.41, 5.74) is -1.30. The first-order valence-electron chi connectivity index (χ1n) is 29.7. The summed E-state index contributed by atoms with van der Waals surface area (Å²) >= 11 is 0. The molecule has 5 heterocycles. The maximum Gasteiger partial charge on any atom is 1.00 e. The molecule has 4 aliphatic carbocycles. The van der Waals surface area contributed by atoms with E-state index in [2.05, 4.69) is 19.9 Å². The molecular formula is C56H91NaO27S. The largest absolute Gasteiger partial charge is 1.00 e. The first-order chi connectivity index (χ1) is 39.2. The molecule has 27 nitrogen and oxygen atoms in total. The van der Waals surface area contributed by atoms with Crippen molar-refractivity contribution in [2.45, 2.75) is 273 Å². The van der Waals surface area contributed by atoms with Gasteiger partial charge in [0, 0.05) is 12.3 Å². The number of rotatable bonds is 17. The predicted octanol–water partition coefficient (Wildman–Crippen LogP) is -5.13. The summed E-state index contributed by atoms with van der Waals surface area (Å²) in [5, 5.41) is 134. The third kappa shape index (κ3) is 14.0. The standard InChI is InChI=1S/C56H92O27S.Na/c1-21(2)22(3)31(57)18-56(9,69)35-11-10-28-27-17-33(30-16-26(83-84(70,71)72)12-14-54(30,7)29(27)13-15-55(28,35)8)78-51-45(68)46(38(61)25(6)77-51)80-53-48(82-50-44(67)42(65)37(60)24(5)76-50)40(63)34(20-74-53)79-52-47(39(62)32(58)19-73-52)81-49-43(66)41(64)36(59)23(4)75-49;/h13,21-28,30,32-53,58-69H,10-12,14-20H2,1-9H3,(H,70,71,72);/q;+1/p-1/t22-,23-,24-,25-,26+,27?,28?,30?,32+,33+,34-,35+,36+,37-,38-,39+,40+,41+,42+,43-,44-,45-,46+,47-,48-,49+,50+,51+,52+,53+,54-,55+,56+;/m1./s1. The van der Waals surface area contributed by atoms with Gasteiger partial charge in [0.15, 0.2) is 31.5 Å². The second-order valence-corrected chi connectivity index (χ2v) is 27.6. The molecule has 484 valence electrons. The van der Waals surface area contributed by atoms with Crippen molar-refractivity contribution in [3.8, 4) is 0 Å². The van der Waals surface area contributed by atoms with E-state index in [0.717, 1.165) is 12.0 Å². The van der Waals surface area contributed by atoms with Gasteiger partial charge in [-0.1, -0.05) is 46.3 Å². The van der Waals surface area contributed by atoms with Crippen LogP contribution in [-0.4, -0.2) is 252 Å². The Bertz CT molecular complexity index is 2410. The van der Waals surface area contributed by atoms with Crippen molar-refractivity contribution in [1.82, 2.24) is 0 Å². The zero-order valence-electron chi connectivity index (χ0n) is 49.9. The molecule has 9 aliphatic rings. The minimum absolute atomic E-state index is 0. The molecule has 0 amide bonds. The summed E-state index contributed by atoms with van der Waals surface area (Å²) in [6.45, 7) is 14.9. The maximum absolute atomic E-state index is 13.5. The number of aliphatic hydroxyl groups excluding tert-OH is 11. The van der Waals surface area contributed by atoms with Gasteiger partial charge in [0.1, 0.15) is 97.3 Å². The number of carbonyl (C=O) groups excluding carboxylic acids is 1. The summed E-state index contributed by atoms with van der Waals surface area (Å²) < 4.78 is 102. The van der Waals surface area contributed by atoms with Crippen LogP contribution in [0.1, 0.15) is 114 Å². The van der Waals surface area contributed by atoms with Crippen LogP contribution < -0.4 is 29.6 Å². The van der Waals surface area contributed by atoms with E-state index in [9.17, 15) is 79.0 Å². The Hall–Kier alpha value is -0.600. The molecule has 5 aliphatic heterocycles. The average molecular weight is 1250 g/mol. The van der Waals surface area contributed by atoms with Crippen LogP contribution in [-0.2, 0) is 66.7 Å². The molecule has 12 N–H and O–H groups in total. The normalized spacial score (nSPS) is 50.6.